The van der Waals surface area contributed by atoms with Gasteiger partial charge in [-0.2, -0.15) is 5.10 Å². The number of rotatable bonds is 2. The van der Waals surface area contributed by atoms with Crippen molar-refractivity contribution >= 4 is 0 Å². The van der Waals surface area contributed by atoms with Crippen LogP contribution < -0.4 is 5.32 Å². The van der Waals surface area contributed by atoms with Crippen molar-refractivity contribution in [3.63, 3.8) is 0 Å². The zero-order chi connectivity index (χ0) is 13.5. The molecule has 0 aliphatic carbocycles. The summed E-state index contributed by atoms with van der Waals surface area (Å²) in [6.45, 7) is 11.5. The maximum absolute atomic E-state index is 4.54. The van der Waals surface area contributed by atoms with Crippen LogP contribution in [0, 0.1) is 0 Å². The van der Waals surface area contributed by atoms with Crippen molar-refractivity contribution in [1.82, 2.24) is 20.0 Å². The summed E-state index contributed by atoms with van der Waals surface area (Å²) in [7, 11) is 0. The van der Waals surface area contributed by atoms with Crippen LogP contribution in [0.2, 0.25) is 0 Å². The lowest BCUT2D eigenvalue weighted by molar-refractivity contribution is 0.113. The van der Waals surface area contributed by atoms with Crippen molar-refractivity contribution in [2.24, 2.45) is 0 Å². The average molecular weight is 262 g/mol. The van der Waals surface area contributed by atoms with Gasteiger partial charge >= 0.3 is 0 Å². The molecular formula is C15H26N4. The van der Waals surface area contributed by atoms with Gasteiger partial charge in [0.25, 0.3) is 0 Å². The molecule has 0 saturated carbocycles. The van der Waals surface area contributed by atoms with Gasteiger partial charge in [0.2, 0.25) is 0 Å². The number of hydrogen-bond acceptors (Lipinski definition) is 3. The predicted molar refractivity (Wildman–Crippen MR) is 77.4 cm³/mol. The molecule has 0 unspecified atom stereocenters. The van der Waals surface area contributed by atoms with Crippen molar-refractivity contribution in [2.75, 3.05) is 26.2 Å². The highest BCUT2D eigenvalue weighted by molar-refractivity contribution is 5.13. The molecular weight excluding hydrogens is 236 g/mol. The molecule has 106 valence electrons. The van der Waals surface area contributed by atoms with Gasteiger partial charge in [0, 0.05) is 25.3 Å². The molecule has 19 heavy (non-hydrogen) atoms. The van der Waals surface area contributed by atoms with Crippen LogP contribution >= 0.6 is 0 Å². The minimum atomic E-state index is 0.0938. The van der Waals surface area contributed by atoms with Crippen molar-refractivity contribution in [3.05, 3.63) is 18.0 Å². The summed E-state index contributed by atoms with van der Waals surface area (Å²) in [4.78, 5) is 2.65. The fourth-order valence-electron chi connectivity index (χ4n) is 3.04. The van der Waals surface area contributed by atoms with Crippen molar-refractivity contribution in [1.29, 1.82) is 0 Å². The van der Waals surface area contributed by atoms with Gasteiger partial charge in [0.05, 0.1) is 11.7 Å². The number of aromatic nitrogens is 2. The van der Waals surface area contributed by atoms with Crippen LogP contribution in [0.15, 0.2) is 12.4 Å². The fraction of sp³-hybridized carbons (Fsp3) is 0.800. The highest BCUT2D eigenvalue weighted by atomic mass is 15.3. The topological polar surface area (TPSA) is 33.1 Å². The Labute approximate surface area is 116 Å². The smallest absolute Gasteiger partial charge is 0.0543 e. The molecule has 1 N–H and O–H groups in total. The number of nitrogens with zero attached hydrogens (tertiary/aromatic N) is 3. The SMILES string of the molecule is CC(C)(C)n1cc(C2CCN(C3CNC3)CC2)cn1. The van der Waals surface area contributed by atoms with E-state index in [1.165, 1.54) is 44.6 Å². The summed E-state index contributed by atoms with van der Waals surface area (Å²) in [6.07, 6.45) is 6.90. The largest absolute Gasteiger partial charge is 0.314 e. The Kier molecular flexibility index (Phi) is 3.39. The lowest BCUT2D eigenvalue weighted by Crippen LogP contribution is -2.58. The Morgan fingerprint density at radius 3 is 2.37 bits per heavy atom. The molecule has 2 saturated heterocycles. The molecule has 4 nitrogen and oxygen atoms in total. The third kappa shape index (κ3) is 2.70. The Morgan fingerprint density at radius 1 is 1.21 bits per heavy atom. The van der Waals surface area contributed by atoms with E-state index in [2.05, 4.69) is 53.2 Å². The summed E-state index contributed by atoms with van der Waals surface area (Å²) < 4.78 is 2.10. The van der Waals surface area contributed by atoms with Crippen LogP contribution in [0.3, 0.4) is 0 Å². The maximum atomic E-state index is 4.54. The van der Waals surface area contributed by atoms with Crippen molar-refractivity contribution < 1.29 is 0 Å². The van der Waals surface area contributed by atoms with E-state index in [1.54, 1.807) is 0 Å². The van der Waals surface area contributed by atoms with Gasteiger partial charge in [0.1, 0.15) is 0 Å². The summed E-state index contributed by atoms with van der Waals surface area (Å²) in [5.41, 5.74) is 1.53. The van der Waals surface area contributed by atoms with Crippen LogP contribution in [0.1, 0.15) is 45.1 Å². The molecule has 4 heteroatoms. The quantitative estimate of drug-likeness (QED) is 0.882. The molecule has 2 aliphatic rings. The first-order valence-corrected chi connectivity index (χ1v) is 7.54. The van der Waals surface area contributed by atoms with Crippen LogP contribution in [-0.4, -0.2) is 46.9 Å². The van der Waals surface area contributed by atoms with Crippen LogP contribution in [0.5, 0.6) is 0 Å². The molecule has 0 aromatic carbocycles. The van der Waals surface area contributed by atoms with Crippen molar-refractivity contribution in [3.8, 4) is 0 Å². The average Bonchev–Trinajstić information content (AvgIpc) is 2.76. The van der Waals surface area contributed by atoms with Crippen LogP contribution in [-0.2, 0) is 5.54 Å². The van der Waals surface area contributed by atoms with E-state index in [0.717, 1.165) is 6.04 Å². The Balaban J connectivity index is 1.60. The summed E-state index contributed by atoms with van der Waals surface area (Å²) in [6, 6.07) is 0.804. The molecule has 0 spiro atoms. The molecule has 2 aliphatic heterocycles. The second-order valence-corrected chi connectivity index (χ2v) is 7.01. The van der Waals surface area contributed by atoms with E-state index in [-0.39, 0.29) is 5.54 Å². The lowest BCUT2D eigenvalue weighted by atomic mass is 9.90. The molecule has 0 bridgehead atoms. The molecule has 2 fully saturated rings. The number of piperidine rings is 1. The summed E-state index contributed by atoms with van der Waals surface area (Å²) in [5, 5.41) is 7.90. The minimum Gasteiger partial charge on any atom is -0.314 e. The van der Waals surface area contributed by atoms with Crippen molar-refractivity contribution in [2.45, 2.75) is 51.1 Å². The monoisotopic (exact) mass is 262 g/mol. The maximum Gasteiger partial charge on any atom is 0.0543 e. The summed E-state index contributed by atoms with van der Waals surface area (Å²) >= 11 is 0. The standard InChI is InChI=1S/C15H26N4/c1-15(2,3)19-11-13(8-17-19)12-4-6-18(7-5-12)14-9-16-10-14/h8,11-12,14,16H,4-7,9-10H2,1-3H3. The van der Waals surface area contributed by atoms with E-state index >= 15 is 0 Å². The Bertz CT molecular complexity index is 420. The highest BCUT2D eigenvalue weighted by Crippen LogP contribution is 2.29. The second kappa shape index (κ2) is 4.91. The molecule has 3 heterocycles. The Hall–Kier alpha value is -0.870. The molecule has 0 atom stereocenters. The first kappa shape index (κ1) is 13.1. The zero-order valence-electron chi connectivity index (χ0n) is 12.4. The first-order valence-electron chi connectivity index (χ1n) is 7.54. The van der Waals surface area contributed by atoms with Gasteiger partial charge in [-0.25, -0.2) is 0 Å². The van der Waals surface area contributed by atoms with Crippen LogP contribution in [0.25, 0.3) is 0 Å². The lowest BCUT2D eigenvalue weighted by Gasteiger charge is -2.42. The highest BCUT2D eigenvalue weighted by Gasteiger charge is 2.29. The molecule has 1 aromatic heterocycles. The number of nitrogens with one attached hydrogen (secondary N) is 1. The molecule has 0 radical (unpaired) electrons. The normalized spacial score (nSPS) is 23.5. The third-order valence-corrected chi connectivity index (χ3v) is 4.57. The third-order valence-electron chi connectivity index (χ3n) is 4.57. The van der Waals surface area contributed by atoms with Gasteiger partial charge < -0.3 is 5.32 Å². The number of hydrogen-bond donors (Lipinski definition) is 1. The first-order chi connectivity index (χ1) is 9.04. The van der Waals surface area contributed by atoms with E-state index in [4.69, 9.17) is 0 Å². The zero-order valence-corrected chi connectivity index (χ0v) is 12.4. The fourth-order valence-corrected chi connectivity index (χ4v) is 3.04. The van der Waals surface area contributed by atoms with E-state index in [0.29, 0.717) is 5.92 Å². The van der Waals surface area contributed by atoms with Gasteiger partial charge in [-0.3, -0.25) is 9.58 Å². The predicted octanol–water partition coefficient (Wildman–Crippen LogP) is 1.79. The van der Waals surface area contributed by atoms with Gasteiger partial charge in [-0.05, 0) is 58.2 Å². The second-order valence-electron chi connectivity index (χ2n) is 7.01. The molecule has 3 rings (SSSR count). The number of likely N-dealkylation sites (tertiary alicyclic amines) is 1. The van der Waals surface area contributed by atoms with Gasteiger partial charge in [0.15, 0.2) is 0 Å². The summed E-state index contributed by atoms with van der Waals surface area (Å²) in [5.74, 6) is 0.709. The van der Waals surface area contributed by atoms with Crippen LogP contribution in [0.4, 0.5) is 0 Å². The Morgan fingerprint density at radius 2 is 1.89 bits per heavy atom. The van der Waals surface area contributed by atoms with Gasteiger partial charge in [-0.15, -0.1) is 0 Å². The van der Waals surface area contributed by atoms with Gasteiger partial charge in [-0.1, -0.05) is 0 Å². The van der Waals surface area contributed by atoms with E-state index < -0.39 is 0 Å². The minimum absolute atomic E-state index is 0.0938. The molecule has 1 aromatic rings. The molecule has 0 amide bonds. The van der Waals surface area contributed by atoms with E-state index in [1.807, 2.05) is 0 Å². The van der Waals surface area contributed by atoms with E-state index in [9.17, 15) is 0 Å².